The van der Waals surface area contributed by atoms with Crippen LogP contribution >= 0.6 is 23.2 Å². The van der Waals surface area contributed by atoms with Crippen LogP contribution in [0.1, 0.15) is 39.0 Å². The number of amides is 2. The van der Waals surface area contributed by atoms with Gasteiger partial charge in [0.2, 0.25) is 5.91 Å². The zero-order valence-corrected chi connectivity index (χ0v) is 15.1. The van der Waals surface area contributed by atoms with Crippen LogP contribution in [0.5, 0.6) is 5.75 Å². The summed E-state index contributed by atoms with van der Waals surface area (Å²) >= 11 is 11.8. The van der Waals surface area contributed by atoms with Crippen LogP contribution < -0.4 is 15.4 Å². The molecular formula is C17H22Cl2N2O3. The van der Waals surface area contributed by atoms with E-state index in [1.165, 1.54) is 6.42 Å². The van der Waals surface area contributed by atoms with Crippen LogP contribution in [0.25, 0.3) is 0 Å². The maximum Gasteiger partial charge on any atom is 0.261 e. The molecule has 0 saturated heterocycles. The van der Waals surface area contributed by atoms with E-state index in [9.17, 15) is 9.59 Å². The monoisotopic (exact) mass is 372 g/mol. The molecule has 0 spiro atoms. The third-order valence-electron chi connectivity index (χ3n) is 3.96. The molecule has 0 aliphatic heterocycles. The number of hydrogen-bond donors (Lipinski definition) is 2. The van der Waals surface area contributed by atoms with E-state index in [4.69, 9.17) is 27.9 Å². The second-order valence-corrected chi connectivity index (χ2v) is 6.80. The number of halogens is 2. The summed E-state index contributed by atoms with van der Waals surface area (Å²) < 4.78 is 5.51. The summed E-state index contributed by atoms with van der Waals surface area (Å²) in [6, 6.07) is 5.00. The van der Waals surface area contributed by atoms with E-state index in [0.717, 1.165) is 25.7 Å². The molecule has 1 aromatic carbocycles. The van der Waals surface area contributed by atoms with Crippen molar-refractivity contribution in [3.63, 3.8) is 0 Å². The first-order valence-corrected chi connectivity index (χ1v) is 8.90. The largest absolute Gasteiger partial charge is 0.479 e. The molecule has 1 unspecified atom stereocenters. The Kier molecular flexibility index (Phi) is 7.18. The minimum Gasteiger partial charge on any atom is -0.479 e. The maximum absolute atomic E-state index is 12.0. The van der Waals surface area contributed by atoms with Crippen LogP contribution in [0.4, 0.5) is 0 Å². The van der Waals surface area contributed by atoms with Crippen LogP contribution in [0.15, 0.2) is 18.2 Å². The van der Waals surface area contributed by atoms with Crippen molar-refractivity contribution >= 4 is 35.0 Å². The molecule has 0 aromatic heterocycles. The molecule has 0 radical (unpaired) electrons. The maximum atomic E-state index is 12.0. The summed E-state index contributed by atoms with van der Waals surface area (Å²) in [6.07, 6.45) is 4.76. The predicted molar refractivity (Wildman–Crippen MR) is 94.6 cm³/mol. The Hall–Kier alpha value is -1.46. The Morgan fingerprint density at radius 3 is 2.62 bits per heavy atom. The summed E-state index contributed by atoms with van der Waals surface area (Å²) in [5.74, 6) is -0.179. The molecule has 132 valence electrons. The van der Waals surface area contributed by atoms with Crippen molar-refractivity contribution < 1.29 is 14.3 Å². The highest BCUT2D eigenvalue weighted by Gasteiger charge is 2.19. The Balaban J connectivity index is 1.75. The molecular weight excluding hydrogens is 351 g/mol. The quantitative estimate of drug-likeness (QED) is 0.804. The minimum absolute atomic E-state index is 0.0582. The lowest BCUT2D eigenvalue weighted by molar-refractivity contribution is -0.130. The molecule has 24 heavy (non-hydrogen) atoms. The normalized spacial score (nSPS) is 16.3. The van der Waals surface area contributed by atoms with Gasteiger partial charge in [-0.1, -0.05) is 42.5 Å². The third-order valence-corrected chi connectivity index (χ3v) is 4.49. The van der Waals surface area contributed by atoms with Crippen LogP contribution in [0, 0.1) is 0 Å². The van der Waals surface area contributed by atoms with E-state index in [1.807, 2.05) is 0 Å². The molecule has 2 rings (SSSR count). The fourth-order valence-electron chi connectivity index (χ4n) is 2.65. The summed E-state index contributed by atoms with van der Waals surface area (Å²) in [5, 5.41) is 6.35. The number of carbonyl (C=O) groups is 2. The van der Waals surface area contributed by atoms with Gasteiger partial charge in [-0.2, -0.15) is 0 Å². The van der Waals surface area contributed by atoms with Crippen LogP contribution in [-0.2, 0) is 9.59 Å². The summed E-state index contributed by atoms with van der Waals surface area (Å²) in [5.41, 5.74) is 0. The van der Waals surface area contributed by atoms with Gasteiger partial charge in [-0.25, -0.2) is 0 Å². The molecule has 0 bridgehead atoms. The Labute approximate surface area is 152 Å². The Bertz CT molecular complexity index is 589. The molecule has 5 nitrogen and oxygen atoms in total. The van der Waals surface area contributed by atoms with Crippen LogP contribution in [0.3, 0.4) is 0 Å². The second kappa shape index (κ2) is 9.14. The van der Waals surface area contributed by atoms with E-state index in [2.05, 4.69) is 10.6 Å². The summed E-state index contributed by atoms with van der Waals surface area (Å²) in [4.78, 5) is 23.9. The molecule has 1 aromatic rings. The highest BCUT2D eigenvalue weighted by molar-refractivity contribution is 6.35. The molecule has 2 amide bonds. The number of nitrogens with one attached hydrogen (secondary N) is 2. The number of benzene rings is 1. The van der Waals surface area contributed by atoms with Gasteiger partial charge in [0.1, 0.15) is 5.75 Å². The SMILES string of the molecule is CC(Oc1ccc(Cl)cc1Cl)C(=O)NCC(=O)NC1CCCCC1. The van der Waals surface area contributed by atoms with Crippen molar-refractivity contribution in [2.45, 2.75) is 51.2 Å². The molecule has 1 atom stereocenters. The van der Waals surface area contributed by atoms with Crippen molar-refractivity contribution in [1.82, 2.24) is 10.6 Å². The van der Waals surface area contributed by atoms with Gasteiger partial charge in [0, 0.05) is 11.1 Å². The van der Waals surface area contributed by atoms with Gasteiger partial charge in [-0.3, -0.25) is 9.59 Å². The van der Waals surface area contributed by atoms with Crippen LogP contribution in [-0.4, -0.2) is 30.5 Å². The van der Waals surface area contributed by atoms with Crippen LogP contribution in [0.2, 0.25) is 10.0 Å². The predicted octanol–water partition coefficient (Wildman–Crippen LogP) is 3.33. The van der Waals surface area contributed by atoms with E-state index in [1.54, 1.807) is 25.1 Å². The Morgan fingerprint density at radius 2 is 1.96 bits per heavy atom. The smallest absolute Gasteiger partial charge is 0.261 e. The summed E-state index contributed by atoms with van der Waals surface area (Å²) in [6.45, 7) is 1.54. The lowest BCUT2D eigenvalue weighted by Gasteiger charge is -2.23. The number of carbonyl (C=O) groups excluding carboxylic acids is 2. The average Bonchev–Trinajstić information content (AvgIpc) is 2.56. The fraction of sp³-hybridized carbons (Fsp3) is 0.529. The first kappa shape index (κ1) is 18.9. The van der Waals surface area contributed by atoms with Gasteiger partial charge in [0.05, 0.1) is 11.6 Å². The second-order valence-electron chi connectivity index (χ2n) is 5.96. The first-order chi connectivity index (χ1) is 11.5. The van der Waals surface area contributed by atoms with Crippen molar-refractivity contribution in [2.24, 2.45) is 0 Å². The van der Waals surface area contributed by atoms with Gasteiger partial charge >= 0.3 is 0 Å². The van der Waals surface area contributed by atoms with Gasteiger partial charge < -0.3 is 15.4 Å². The zero-order chi connectivity index (χ0) is 17.5. The molecule has 0 heterocycles. The van der Waals surface area contributed by atoms with Crippen molar-refractivity contribution in [1.29, 1.82) is 0 Å². The molecule has 7 heteroatoms. The van der Waals surface area contributed by atoms with Gasteiger partial charge in [0.15, 0.2) is 6.10 Å². The molecule has 1 aliphatic carbocycles. The summed E-state index contributed by atoms with van der Waals surface area (Å²) in [7, 11) is 0. The zero-order valence-electron chi connectivity index (χ0n) is 13.6. The lowest BCUT2D eigenvalue weighted by atomic mass is 9.95. The van der Waals surface area contributed by atoms with Gasteiger partial charge in [0.25, 0.3) is 5.91 Å². The molecule has 1 saturated carbocycles. The van der Waals surface area contributed by atoms with E-state index >= 15 is 0 Å². The van der Waals surface area contributed by atoms with E-state index < -0.39 is 6.10 Å². The number of hydrogen-bond acceptors (Lipinski definition) is 3. The standard InChI is InChI=1S/C17H22Cl2N2O3/c1-11(24-15-8-7-12(18)9-14(15)19)17(23)20-10-16(22)21-13-5-3-2-4-6-13/h7-9,11,13H,2-6,10H2,1H3,(H,20,23)(H,21,22). The number of ether oxygens (including phenoxy) is 1. The van der Waals surface area contributed by atoms with Gasteiger partial charge in [-0.15, -0.1) is 0 Å². The van der Waals surface area contributed by atoms with Crippen molar-refractivity contribution in [2.75, 3.05) is 6.54 Å². The first-order valence-electron chi connectivity index (χ1n) is 8.14. The van der Waals surface area contributed by atoms with Crippen molar-refractivity contribution in [3.05, 3.63) is 28.2 Å². The third kappa shape index (κ3) is 5.87. The number of rotatable bonds is 6. The fourth-order valence-corrected chi connectivity index (χ4v) is 3.10. The molecule has 2 N–H and O–H groups in total. The molecule has 1 fully saturated rings. The van der Waals surface area contributed by atoms with Gasteiger partial charge in [-0.05, 0) is 38.0 Å². The van der Waals surface area contributed by atoms with E-state index in [-0.39, 0.29) is 24.4 Å². The Morgan fingerprint density at radius 1 is 1.25 bits per heavy atom. The van der Waals surface area contributed by atoms with Crippen molar-refractivity contribution in [3.8, 4) is 5.75 Å². The highest BCUT2D eigenvalue weighted by Crippen LogP contribution is 2.28. The average molecular weight is 373 g/mol. The molecule has 1 aliphatic rings. The van der Waals surface area contributed by atoms with E-state index in [0.29, 0.717) is 15.8 Å². The minimum atomic E-state index is -0.772. The topological polar surface area (TPSA) is 67.4 Å². The highest BCUT2D eigenvalue weighted by atomic mass is 35.5. The lowest BCUT2D eigenvalue weighted by Crippen LogP contribution is -2.45.